The number of aliphatic hydroxyl groups excluding tert-OH is 3. The van der Waals surface area contributed by atoms with E-state index in [2.05, 4.69) is 24.5 Å². The maximum Gasteiger partial charge on any atom is 0.407 e. The molecule has 55 heavy (non-hydrogen) atoms. The molecule has 5 N–H and O–H groups in total. The lowest BCUT2D eigenvalue weighted by Crippen LogP contribution is -2.69. The minimum atomic E-state index is -1.50. The number of nitrogens with zero attached hydrogens (tertiary/aromatic N) is 1. The summed E-state index contributed by atoms with van der Waals surface area (Å²) in [5, 5.41) is 37.7. The topological polar surface area (TPSA) is 141 Å². The van der Waals surface area contributed by atoms with Crippen LogP contribution < -0.4 is 10.6 Å². The van der Waals surface area contributed by atoms with E-state index in [9.17, 15) is 24.9 Å². The Morgan fingerprint density at radius 1 is 0.655 bits per heavy atom. The fourth-order valence-electron chi connectivity index (χ4n) is 7.51. The SMILES string of the molecule is CCCCCCCCCCCCCCCCCCN(C(=O)NCCCCCCCCCCCC)[C@@H]1O[C@H](CO)[C@H](O)[C@H](O)[C@@H]1NC(=O)OCc1ccccc1. The van der Waals surface area contributed by atoms with Crippen molar-refractivity contribution in [3.05, 3.63) is 35.9 Å². The van der Waals surface area contributed by atoms with Gasteiger partial charge < -0.3 is 35.4 Å². The van der Waals surface area contributed by atoms with Crippen molar-refractivity contribution >= 4 is 12.1 Å². The summed E-state index contributed by atoms with van der Waals surface area (Å²) in [5.41, 5.74) is 0.798. The minimum absolute atomic E-state index is 0.0189. The van der Waals surface area contributed by atoms with Gasteiger partial charge in [-0.3, -0.25) is 4.90 Å². The molecule has 0 spiro atoms. The Balaban J connectivity index is 1.89. The Labute approximate surface area is 334 Å². The number of nitrogens with one attached hydrogen (secondary N) is 2. The zero-order chi connectivity index (χ0) is 39.8. The average molecular weight is 776 g/mol. The van der Waals surface area contributed by atoms with Gasteiger partial charge >= 0.3 is 12.1 Å². The smallest absolute Gasteiger partial charge is 0.407 e. The monoisotopic (exact) mass is 776 g/mol. The van der Waals surface area contributed by atoms with Gasteiger partial charge in [0.1, 0.15) is 31.0 Å². The zero-order valence-corrected chi connectivity index (χ0v) is 34.9. The first-order chi connectivity index (χ1) is 26.9. The van der Waals surface area contributed by atoms with Crippen LogP contribution in [0.25, 0.3) is 0 Å². The fraction of sp³-hybridized carbons (Fsp3) is 0.822. The van der Waals surface area contributed by atoms with E-state index in [1.807, 2.05) is 30.3 Å². The summed E-state index contributed by atoms with van der Waals surface area (Å²) in [7, 11) is 0. The van der Waals surface area contributed by atoms with Gasteiger partial charge in [0.05, 0.1) is 6.61 Å². The molecule has 1 fully saturated rings. The molecule has 0 aliphatic carbocycles. The maximum atomic E-state index is 13.8. The molecule has 1 aromatic carbocycles. The van der Waals surface area contributed by atoms with Crippen LogP contribution in [-0.2, 0) is 16.1 Å². The van der Waals surface area contributed by atoms with E-state index in [1.54, 1.807) is 0 Å². The van der Waals surface area contributed by atoms with Crippen LogP contribution in [0.2, 0.25) is 0 Å². The third-order valence-electron chi connectivity index (χ3n) is 11.0. The third-order valence-corrected chi connectivity index (χ3v) is 11.0. The van der Waals surface area contributed by atoms with Crippen LogP contribution in [-0.4, -0.2) is 82.6 Å². The summed E-state index contributed by atoms with van der Waals surface area (Å²) in [6, 6.07) is 7.71. The number of alkyl carbamates (subject to hydrolysis) is 1. The average Bonchev–Trinajstić information content (AvgIpc) is 3.20. The van der Waals surface area contributed by atoms with Gasteiger partial charge in [-0.15, -0.1) is 0 Å². The van der Waals surface area contributed by atoms with E-state index >= 15 is 0 Å². The summed E-state index contributed by atoms with van der Waals surface area (Å²) in [5.74, 6) is 0. The molecular weight excluding hydrogens is 695 g/mol. The molecular formula is C45H81N3O7. The number of rotatable bonds is 33. The Morgan fingerprint density at radius 2 is 1.11 bits per heavy atom. The normalized spacial score (nSPS) is 19.6. The summed E-state index contributed by atoms with van der Waals surface area (Å²) in [6.07, 6.45) is 25.8. The van der Waals surface area contributed by atoms with E-state index in [1.165, 1.54) is 127 Å². The highest BCUT2D eigenvalue weighted by molar-refractivity contribution is 5.75. The van der Waals surface area contributed by atoms with Gasteiger partial charge in [-0.25, -0.2) is 9.59 Å². The maximum absolute atomic E-state index is 13.8. The first kappa shape index (κ1) is 48.7. The summed E-state index contributed by atoms with van der Waals surface area (Å²) in [6.45, 7) is 4.81. The van der Waals surface area contributed by atoms with Crippen molar-refractivity contribution in [3.8, 4) is 0 Å². The van der Waals surface area contributed by atoms with E-state index in [4.69, 9.17) is 9.47 Å². The quantitative estimate of drug-likeness (QED) is 0.0448. The second-order valence-electron chi connectivity index (χ2n) is 15.9. The minimum Gasteiger partial charge on any atom is -0.445 e. The van der Waals surface area contributed by atoms with Gasteiger partial charge in [0.15, 0.2) is 6.23 Å². The molecule has 5 atom stereocenters. The molecule has 2 rings (SSSR count). The molecule has 10 nitrogen and oxygen atoms in total. The van der Waals surface area contributed by atoms with Crippen molar-refractivity contribution in [1.82, 2.24) is 15.5 Å². The van der Waals surface area contributed by atoms with Gasteiger partial charge in [-0.1, -0.05) is 198 Å². The van der Waals surface area contributed by atoms with Crippen molar-refractivity contribution in [1.29, 1.82) is 0 Å². The highest BCUT2D eigenvalue weighted by atomic mass is 16.6. The van der Waals surface area contributed by atoms with Gasteiger partial charge in [0.2, 0.25) is 0 Å². The molecule has 3 amide bonds. The first-order valence-corrected chi connectivity index (χ1v) is 22.6. The summed E-state index contributed by atoms with van der Waals surface area (Å²) in [4.78, 5) is 28.3. The van der Waals surface area contributed by atoms with Crippen LogP contribution in [0.1, 0.15) is 186 Å². The molecule has 1 aliphatic rings. The second kappa shape index (κ2) is 32.7. The molecule has 10 heteroatoms. The molecule has 0 saturated carbocycles. The molecule has 0 radical (unpaired) electrons. The van der Waals surface area contributed by atoms with E-state index in [0.29, 0.717) is 13.1 Å². The van der Waals surface area contributed by atoms with Crippen molar-refractivity contribution in [2.45, 2.75) is 218 Å². The molecule has 318 valence electrons. The Morgan fingerprint density at radius 3 is 1.58 bits per heavy atom. The predicted molar refractivity (Wildman–Crippen MR) is 223 cm³/mol. The molecule has 1 aliphatic heterocycles. The van der Waals surface area contributed by atoms with Gasteiger partial charge in [-0.2, -0.15) is 0 Å². The fourth-order valence-corrected chi connectivity index (χ4v) is 7.51. The standard InChI is InChI=1S/C45H81N3O7/c1-3-5-7-9-11-13-15-16-17-18-19-20-22-24-26-31-35-48(44(52)46-34-30-25-23-21-14-12-10-8-6-4-2)43-40(42(51)41(50)39(36-49)55-43)47-45(53)54-37-38-32-28-27-29-33-38/h27-29,32-33,39-43,49-51H,3-26,30-31,34-37H2,1-2H3,(H,46,52)(H,47,53)/t39-,40+,41+,42-,43-/m1/s1. The molecule has 1 saturated heterocycles. The van der Waals surface area contributed by atoms with Crippen molar-refractivity contribution < 1.29 is 34.4 Å². The molecule has 0 bridgehead atoms. The van der Waals surface area contributed by atoms with Crippen LogP contribution in [0, 0.1) is 0 Å². The number of aliphatic hydroxyl groups is 3. The molecule has 1 aromatic rings. The van der Waals surface area contributed by atoms with Gasteiger partial charge in [-0.05, 0) is 18.4 Å². The van der Waals surface area contributed by atoms with Crippen molar-refractivity contribution in [2.75, 3.05) is 19.7 Å². The number of amides is 3. The third kappa shape index (κ3) is 22.2. The van der Waals surface area contributed by atoms with Crippen LogP contribution in [0.4, 0.5) is 9.59 Å². The lowest BCUT2D eigenvalue weighted by molar-refractivity contribution is -0.222. The van der Waals surface area contributed by atoms with E-state index in [0.717, 1.165) is 50.5 Å². The Hall–Kier alpha value is -2.40. The molecule has 1 heterocycles. The van der Waals surface area contributed by atoms with Crippen LogP contribution in [0.15, 0.2) is 30.3 Å². The lowest BCUT2D eigenvalue weighted by Gasteiger charge is -2.46. The number of hydrogen-bond donors (Lipinski definition) is 5. The number of urea groups is 1. The summed E-state index contributed by atoms with van der Waals surface area (Å²) >= 11 is 0. The van der Waals surface area contributed by atoms with E-state index in [-0.39, 0.29) is 12.6 Å². The van der Waals surface area contributed by atoms with Gasteiger partial charge in [0.25, 0.3) is 0 Å². The number of ether oxygens (including phenoxy) is 2. The highest BCUT2D eigenvalue weighted by Gasteiger charge is 2.48. The Bertz CT molecular complexity index is 1060. The molecule has 0 unspecified atom stereocenters. The first-order valence-electron chi connectivity index (χ1n) is 22.6. The number of carbonyl (C=O) groups is 2. The second-order valence-corrected chi connectivity index (χ2v) is 15.9. The van der Waals surface area contributed by atoms with E-state index < -0.39 is 43.3 Å². The van der Waals surface area contributed by atoms with Crippen LogP contribution in [0.3, 0.4) is 0 Å². The van der Waals surface area contributed by atoms with Gasteiger partial charge in [0, 0.05) is 13.1 Å². The number of benzene rings is 1. The Kier molecular flexibility index (Phi) is 28.9. The zero-order valence-electron chi connectivity index (χ0n) is 34.9. The van der Waals surface area contributed by atoms with Crippen molar-refractivity contribution in [2.24, 2.45) is 0 Å². The van der Waals surface area contributed by atoms with Crippen LogP contribution in [0.5, 0.6) is 0 Å². The molecule has 0 aromatic heterocycles. The predicted octanol–water partition coefficient (Wildman–Crippen LogP) is 9.91. The number of hydrogen-bond acceptors (Lipinski definition) is 7. The van der Waals surface area contributed by atoms with Crippen LogP contribution >= 0.6 is 0 Å². The largest absolute Gasteiger partial charge is 0.445 e. The number of carbonyl (C=O) groups excluding carboxylic acids is 2. The highest BCUT2D eigenvalue weighted by Crippen LogP contribution is 2.25. The van der Waals surface area contributed by atoms with Crippen molar-refractivity contribution in [3.63, 3.8) is 0 Å². The lowest BCUT2D eigenvalue weighted by atomic mass is 9.95. The number of unbranched alkanes of at least 4 members (excludes halogenated alkanes) is 24. The summed E-state index contributed by atoms with van der Waals surface area (Å²) < 4.78 is 11.5.